The predicted molar refractivity (Wildman–Crippen MR) is 120 cm³/mol. The van der Waals surface area contributed by atoms with Crippen molar-refractivity contribution in [2.45, 2.75) is 155 Å². The second-order valence-electron chi connectivity index (χ2n) is 9.47. The Morgan fingerprint density at radius 1 is 0.538 bits per heavy atom. The molecule has 0 heterocycles. The van der Waals surface area contributed by atoms with Gasteiger partial charge < -0.3 is 0 Å². The fourth-order valence-electron chi connectivity index (χ4n) is 4.95. The first-order chi connectivity index (χ1) is 12.8. The molecule has 0 aromatic heterocycles. The molecule has 0 aromatic carbocycles. The lowest BCUT2D eigenvalue weighted by molar-refractivity contribution is 0.247. The summed E-state index contributed by atoms with van der Waals surface area (Å²) in [4.78, 5) is 0. The monoisotopic (exact) mass is 364 g/mol. The average Bonchev–Trinajstić information content (AvgIpc) is 2.68. The van der Waals surface area contributed by atoms with Gasteiger partial charge in [0.05, 0.1) is 0 Å². The maximum atomic E-state index is 2.53. The van der Waals surface area contributed by atoms with Gasteiger partial charge in [0.25, 0.3) is 0 Å². The van der Waals surface area contributed by atoms with Crippen LogP contribution < -0.4 is 0 Å². The molecule has 1 aliphatic rings. The van der Waals surface area contributed by atoms with Gasteiger partial charge in [0, 0.05) is 0 Å². The van der Waals surface area contributed by atoms with Crippen LogP contribution in [0.4, 0.5) is 0 Å². The minimum absolute atomic E-state index is 1.00. The SMILES string of the molecule is CCCCCCCCCCCCCCCCCCC(C)C1CCCCC1. The van der Waals surface area contributed by atoms with Crippen LogP contribution in [0.3, 0.4) is 0 Å². The van der Waals surface area contributed by atoms with E-state index >= 15 is 0 Å². The lowest BCUT2D eigenvalue weighted by Gasteiger charge is -2.27. The summed E-state index contributed by atoms with van der Waals surface area (Å²) >= 11 is 0. The van der Waals surface area contributed by atoms with Crippen LogP contribution in [0, 0.1) is 11.8 Å². The molecular weight excluding hydrogens is 312 g/mol. The van der Waals surface area contributed by atoms with Gasteiger partial charge in [0.15, 0.2) is 0 Å². The van der Waals surface area contributed by atoms with Crippen LogP contribution in [0.5, 0.6) is 0 Å². The largest absolute Gasteiger partial charge is 0.0654 e. The van der Waals surface area contributed by atoms with Crippen molar-refractivity contribution in [3.8, 4) is 0 Å². The Balaban J connectivity index is 1.72. The minimum Gasteiger partial charge on any atom is -0.0654 e. The Morgan fingerprint density at radius 3 is 1.35 bits per heavy atom. The van der Waals surface area contributed by atoms with Gasteiger partial charge in [-0.1, -0.05) is 155 Å². The molecule has 0 saturated heterocycles. The molecule has 0 nitrogen and oxygen atoms in total. The van der Waals surface area contributed by atoms with Crippen LogP contribution >= 0.6 is 0 Å². The third-order valence-corrected chi connectivity index (χ3v) is 6.97. The maximum absolute atomic E-state index is 2.53. The van der Waals surface area contributed by atoms with Gasteiger partial charge in [-0.2, -0.15) is 0 Å². The Morgan fingerprint density at radius 2 is 0.923 bits per heavy atom. The van der Waals surface area contributed by atoms with E-state index in [1.54, 1.807) is 0 Å². The Labute approximate surface area is 167 Å². The molecule has 0 N–H and O–H groups in total. The van der Waals surface area contributed by atoms with Gasteiger partial charge in [-0.3, -0.25) is 0 Å². The van der Waals surface area contributed by atoms with E-state index in [2.05, 4.69) is 13.8 Å². The van der Waals surface area contributed by atoms with Crippen LogP contribution in [-0.2, 0) is 0 Å². The highest BCUT2D eigenvalue weighted by Crippen LogP contribution is 2.32. The standard InChI is InChI=1S/C26H52/c1-3-4-5-6-7-8-9-10-11-12-13-14-15-16-17-19-22-25(2)26-23-20-18-21-24-26/h25-26H,3-24H2,1-2H3. The lowest BCUT2D eigenvalue weighted by atomic mass is 9.79. The summed E-state index contributed by atoms with van der Waals surface area (Å²) in [5, 5.41) is 0. The fraction of sp³-hybridized carbons (Fsp3) is 1.00. The highest BCUT2D eigenvalue weighted by atomic mass is 14.2. The third-order valence-electron chi connectivity index (χ3n) is 6.97. The van der Waals surface area contributed by atoms with E-state index < -0.39 is 0 Å². The number of hydrogen-bond donors (Lipinski definition) is 0. The molecule has 1 atom stereocenters. The van der Waals surface area contributed by atoms with Gasteiger partial charge in [-0.15, -0.1) is 0 Å². The van der Waals surface area contributed by atoms with E-state index in [1.165, 1.54) is 141 Å². The summed E-state index contributed by atoms with van der Waals surface area (Å²) in [5.74, 6) is 2.07. The highest BCUT2D eigenvalue weighted by Gasteiger charge is 2.19. The molecule has 0 amide bonds. The predicted octanol–water partition coefficient (Wildman–Crippen LogP) is 9.85. The summed E-state index contributed by atoms with van der Waals surface area (Å²) in [6, 6.07) is 0. The average molecular weight is 365 g/mol. The van der Waals surface area contributed by atoms with Gasteiger partial charge in [0.1, 0.15) is 0 Å². The Bertz CT molecular complexity index is 263. The molecule has 0 bridgehead atoms. The molecular formula is C26H52. The quantitative estimate of drug-likeness (QED) is 0.212. The molecule has 0 spiro atoms. The van der Waals surface area contributed by atoms with Crippen LogP contribution in [-0.4, -0.2) is 0 Å². The molecule has 1 aliphatic carbocycles. The minimum atomic E-state index is 1.00. The van der Waals surface area contributed by atoms with E-state index in [-0.39, 0.29) is 0 Å². The van der Waals surface area contributed by atoms with Gasteiger partial charge in [0.2, 0.25) is 0 Å². The molecule has 26 heavy (non-hydrogen) atoms. The van der Waals surface area contributed by atoms with Gasteiger partial charge in [-0.05, 0) is 11.8 Å². The third kappa shape index (κ3) is 14.1. The molecule has 1 fully saturated rings. The van der Waals surface area contributed by atoms with Crippen LogP contribution in [0.15, 0.2) is 0 Å². The van der Waals surface area contributed by atoms with Crippen LogP contribution in [0.1, 0.15) is 155 Å². The van der Waals surface area contributed by atoms with Crippen molar-refractivity contribution in [2.24, 2.45) is 11.8 Å². The van der Waals surface area contributed by atoms with E-state index in [1.807, 2.05) is 0 Å². The van der Waals surface area contributed by atoms with Crippen LogP contribution in [0.25, 0.3) is 0 Å². The first-order valence-corrected chi connectivity index (χ1v) is 12.8. The zero-order chi connectivity index (χ0) is 18.7. The number of unbranched alkanes of at least 4 members (excludes halogenated alkanes) is 15. The van der Waals surface area contributed by atoms with Crippen molar-refractivity contribution < 1.29 is 0 Å². The van der Waals surface area contributed by atoms with E-state index in [9.17, 15) is 0 Å². The van der Waals surface area contributed by atoms with Crippen molar-refractivity contribution in [1.29, 1.82) is 0 Å². The summed E-state index contributed by atoms with van der Waals surface area (Å²) in [6.07, 6.45) is 32.8. The van der Waals surface area contributed by atoms with Crippen molar-refractivity contribution in [1.82, 2.24) is 0 Å². The molecule has 1 saturated carbocycles. The second-order valence-corrected chi connectivity index (χ2v) is 9.47. The van der Waals surface area contributed by atoms with Gasteiger partial charge in [-0.25, -0.2) is 0 Å². The van der Waals surface area contributed by atoms with Crippen LogP contribution in [0.2, 0.25) is 0 Å². The highest BCUT2D eigenvalue weighted by molar-refractivity contribution is 4.71. The topological polar surface area (TPSA) is 0 Å². The van der Waals surface area contributed by atoms with Crippen molar-refractivity contribution in [3.63, 3.8) is 0 Å². The summed E-state index contributed by atoms with van der Waals surface area (Å²) in [6.45, 7) is 4.83. The molecule has 1 unspecified atom stereocenters. The smallest absolute Gasteiger partial charge is 0.0388 e. The molecule has 0 heteroatoms. The molecule has 156 valence electrons. The normalized spacial score (nSPS) is 16.8. The Hall–Kier alpha value is 0. The first kappa shape index (κ1) is 24.0. The van der Waals surface area contributed by atoms with Gasteiger partial charge >= 0.3 is 0 Å². The molecule has 0 aliphatic heterocycles. The Kier molecular flexibility index (Phi) is 17.0. The fourth-order valence-corrected chi connectivity index (χ4v) is 4.95. The zero-order valence-corrected chi connectivity index (χ0v) is 18.7. The molecule has 0 aromatic rings. The molecule has 0 radical (unpaired) electrons. The summed E-state index contributed by atoms with van der Waals surface area (Å²) in [7, 11) is 0. The van der Waals surface area contributed by atoms with E-state index in [4.69, 9.17) is 0 Å². The number of rotatable bonds is 18. The lowest BCUT2D eigenvalue weighted by Crippen LogP contribution is -2.15. The maximum Gasteiger partial charge on any atom is -0.0388 e. The number of hydrogen-bond acceptors (Lipinski definition) is 0. The van der Waals surface area contributed by atoms with Crippen molar-refractivity contribution in [3.05, 3.63) is 0 Å². The van der Waals surface area contributed by atoms with Crippen molar-refractivity contribution >= 4 is 0 Å². The summed E-state index contributed by atoms with van der Waals surface area (Å²) < 4.78 is 0. The first-order valence-electron chi connectivity index (χ1n) is 12.8. The summed E-state index contributed by atoms with van der Waals surface area (Å²) in [5.41, 5.74) is 0. The zero-order valence-electron chi connectivity index (χ0n) is 18.7. The second kappa shape index (κ2) is 18.4. The van der Waals surface area contributed by atoms with Crippen molar-refractivity contribution in [2.75, 3.05) is 0 Å². The van der Waals surface area contributed by atoms with E-state index in [0.717, 1.165) is 11.8 Å². The van der Waals surface area contributed by atoms with E-state index in [0.29, 0.717) is 0 Å². The molecule has 1 rings (SSSR count).